The highest BCUT2D eigenvalue weighted by Crippen LogP contribution is 2.16. The van der Waals surface area contributed by atoms with Crippen molar-refractivity contribution in [2.75, 3.05) is 98.7 Å². The number of hydrogen-bond donors (Lipinski definition) is 18. The number of rotatable bonds is 44. The minimum absolute atomic E-state index is 0.0113. The lowest BCUT2D eigenvalue weighted by Gasteiger charge is -2.38. The molecule has 532 valence electrons. The van der Waals surface area contributed by atoms with Gasteiger partial charge in [0.2, 0.25) is 29.5 Å². The zero-order chi connectivity index (χ0) is 71.2. The van der Waals surface area contributed by atoms with Crippen LogP contribution in [0.2, 0.25) is 0 Å². The van der Waals surface area contributed by atoms with E-state index in [4.69, 9.17) is 9.84 Å². The number of nitrogens with one attached hydrogen (secondary N) is 8. The first-order chi connectivity index (χ1) is 44.9. The van der Waals surface area contributed by atoms with Crippen LogP contribution in [-0.4, -0.2) is 311 Å². The molecule has 39 heteroatoms. The van der Waals surface area contributed by atoms with E-state index in [-0.39, 0.29) is 141 Å². The van der Waals surface area contributed by atoms with E-state index in [0.717, 1.165) is 0 Å². The van der Waals surface area contributed by atoms with Gasteiger partial charge in [-0.2, -0.15) is 0 Å². The Morgan fingerprint density at radius 1 is 0.484 bits per heavy atom. The summed E-state index contributed by atoms with van der Waals surface area (Å²) in [4.78, 5) is 179. The van der Waals surface area contributed by atoms with Gasteiger partial charge in [0.15, 0.2) is 12.6 Å². The van der Waals surface area contributed by atoms with Gasteiger partial charge in [0.05, 0.1) is 31.7 Å². The molecule has 2 radical (unpaired) electrons. The average molecular weight is 1380 g/mol. The summed E-state index contributed by atoms with van der Waals surface area (Å²) in [5, 5.41) is 116. The highest BCUT2D eigenvalue weighted by atomic mass is 28.3. The van der Waals surface area contributed by atoms with Crippen molar-refractivity contribution >= 4 is 98.3 Å². The summed E-state index contributed by atoms with van der Waals surface area (Å²) in [6, 6.07) is -4.86. The fourth-order valence-corrected chi connectivity index (χ4v) is 9.78. The van der Waals surface area contributed by atoms with Crippen molar-refractivity contribution < 1.29 is 127 Å². The lowest BCUT2D eigenvalue weighted by Crippen LogP contribution is -2.56. The Bertz CT molecular complexity index is 2690. The summed E-state index contributed by atoms with van der Waals surface area (Å²) in [5.41, 5.74) is -0.0167. The van der Waals surface area contributed by atoms with Gasteiger partial charge in [-0.05, 0) is 68.7 Å². The molecular formula is C56H87FN12O25Si. The maximum absolute atomic E-state index is 13.8. The number of amides is 8. The smallest absolute Gasteiger partial charge is 0.333 e. The first kappa shape index (κ1) is 82.5. The van der Waals surface area contributed by atoms with Gasteiger partial charge in [-0.25, -0.2) is 19.2 Å². The van der Waals surface area contributed by atoms with Crippen LogP contribution in [0.15, 0.2) is 24.3 Å². The second kappa shape index (κ2) is 44.9. The van der Waals surface area contributed by atoms with Crippen LogP contribution in [0.1, 0.15) is 93.8 Å². The predicted octanol–water partition coefficient (Wildman–Crippen LogP) is -6.12. The van der Waals surface area contributed by atoms with Crippen LogP contribution in [-0.2, 0) is 62.3 Å². The topological polar surface area (TPSA) is 560 Å². The van der Waals surface area contributed by atoms with Crippen molar-refractivity contribution in [3.8, 4) is 0 Å². The van der Waals surface area contributed by atoms with Crippen molar-refractivity contribution in [2.45, 2.75) is 132 Å². The molecule has 2 rings (SSSR count). The van der Waals surface area contributed by atoms with E-state index in [9.17, 15) is 117 Å². The molecule has 1 saturated heterocycles. The van der Waals surface area contributed by atoms with E-state index in [0.29, 0.717) is 0 Å². The van der Waals surface area contributed by atoms with E-state index in [1.165, 1.54) is 31.4 Å². The molecule has 18 N–H and O–H groups in total. The average Bonchev–Trinajstić information content (AvgIpc) is 1.22. The van der Waals surface area contributed by atoms with Gasteiger partial charge >= 0.3 is 57.7 Å². The number of hydrogen-bond acceptors (Lipinski definition) is 22. The minimum Gasteiger partial charge on any atom is -0.481 e. The van der Waals surface area contributed by atoms with Gasteiger partial charge in [-0.15, -0.1) is 0 Å². The number of carboxylic acid groups (broad SMARTS) is 7. The van der Waals surface area contributed by atoms with E-state index in [2.05, 4.69) is 31.9 Å². The molecule has 7 atom stereocenters. The maximum atomic E-state index is 13.8. The summed E-state index contributed by atoms with van der Waals surface area (Å²) in [7, 11) is 0.109. The zero-order valence-corrected chi connectivity index (χ0v) is 53.3. The quantitative estimate of drug-likeness (QED) is 0.0125. The minimum atomic E-state index is -2.10. The van der Waals surface area contributed by atoms with Crippen LogP contribution in [0.4, 0.5) is 8.90 Å². The Morgan fingerprint density at radius 2 is 0.937 bits per heavy atom. The molecule has 1 unspecified atom stereocenters. The van der Waals surface area contributed by atoms with E-state index in [1.54, 1.807) is 19.6 Å². The van der Waals surface area contributed by atoms with Crippen molar-refractivity contribution in [2.24, 2.45) is 0 Å². The zero-order valence-electron chi connectivity index (χ0n) is 52.3. The van der Waals surface area contributed by atoms with Crippen molar-refractivity contribution in [3.63, 3.8) is 0 Å². The molecule has 0 spiro atoms. The Hall–Kier alpha value is -8.57. The third kappa shape index (κ3) is 35.5. The second-order valence-electron chi connectivity index (χ2n) is 22.0. The number of unbranched alkanes of at least 4 members (excludes halogenated alkanes) is 1. The summed E-state index contributed by atoms with van der Waals surface area (Å²) < 4.78 is 18.6. The van der Waals surface area contributed by atoms with Crippen LogP contribution in [0, 0.1) is 0 Å². The predicted molar refractivity (Wildman–Crippen MR) is 326 cm³/mol. The molecule has 0 aliphatic carbocycles. The monoisotopic (exact) mass is 1370 g/mol. The number of nitrogens with zero attached hydrogens (tertiary/aromatic N) is 4. The number of urea groups is 1. The molecule has 1 aliphatic rings. The fraction of sp³-hybridized carbons (Fsp3) is 0.643. The van der Waals surface area contributed by atoms with Crippen LogP contribution in [0.3, 0.4) is 0 Å². The van der Waals surface area contributed by atoms with E-state index >= 15 is 0 Å². The van der Waals surface area contributed by atoms with Gasteiger partial charge in [0.25, 0.3) is 5.91 Å². The summed E-state index contributed by atoms with van der Waals surface area (Å²) in [6.07, 6.45) is -6.88. The van der Waals surface area contributed by atoms with Gasteiger partial charge < -0.3 is 102 Å². The van der Waals surface area contributed by atoms with Gasteiger partial charge in [-0.1, -0.05) is 12.1 Å². The van der Waals surface area contributed by atoms with Crippen LogP contribution < -0.4 is 47.7 Å². The summed E-state index contributed by atoms with van der Waals surface area (Å²) in [5.74, 6) is -14.1. The fourth-order valence-electron chi connectivity index (χ4n) is 9.49. The lowest BCUT2D eigenvalue weighted by molar-refractivity contribution is -0.142. The molecule has 37 nitrogen and oxygen atoms in total. The van der Waals surface area contributed by atoms with Crippen molar-refractivity contribution in [3.05, 3.63) is 29.8 Å². The largest absolute Gasteiger partial charge is 0.481 e. The number of benzene rings is 1. The molecule has 1 heterocycles. The number of carboxylic acids is 7. The van der Waals surface area contributed by atoms with Crippen LogP contribution >= 0.6 is 0 Å². The number of carbonyl (C=O) groups is 14. The van der Waals surface area contributed by atoms with Crippen molar-refractivity contribution in [1.82, 2.24) is 62.1 Å². The molecular weight excluding hydrogens is 1290 g/mol. The molecule has 0 aromatic heterocycles. The van der Waals surface area contributed by atoms with Crippen LogP contribution in [0.25, 0.3) is 0 Å². The molecule has 0 bridgehead atoms. The van der Waals surface area contributed by atoms with E-state index in [1.807, 2.05) is 10.6 Å². The molecule has 0 saturated carbocycles. The number of ether oxygens (including phenoxy) is 1. The van der Waals surface area contributed by atoms with Crippen LogP contribution in [0.5, 0.6) is 0 Å². The number of halogens is 1. The third-order valence-corrected chi connectivity index (χ3v) is 15.3. The number of aliphatic hydroxyl groups excluding tert-OH is 2. The molecule has 8 amide bonds. The number of methoxy groups -OCH3 is 1. The highest BCUT2D eigenvalue weighted by Gasteiger charge is 2.32. The molecule has 1 fully saturated rings. The van der Waals surface area contributed by atoms with Gasteiger partial charge in [-0.3, -0.25) is 67.5 Å². The Balaban J connectivity index is 2.00. The summed E-state index contributed by atoms with van der Waals surface area (Å²) in [6.45, 7) is -1.13. The second-order valence-corrected chi connectivity index (χ2v) is 22.7. The molecule has 1 aromatic rings. The standard InChI is InChI=1S/C56H87FN12O25Si/c1-94-55(92)40(69-27-25-67(31-47(78)79)23-21-66(30-46(76)77)22-24-68(26-28-69)32-48(80)81)13-15-43(72)60-29-39(63-49(82)33-7-9-34(95-57)10-8-33)50(83)62-36(52(86)87)5-2-3-19-58-41(70)16-17-42(71)59-20-4-6-35(51(84)85)61-44(73)14-11-37(53(88)89)64-56(93)65-38(54(90)91)12-18-45(74)75/h7-10,35-40,51,55,84-85,92H,2-6,11-32H2,1H3,(H,58,70)(H,59,71)(H,60,72)(H,61,73)(H,62,83)(H,63,82)(H,74,75)(H,76,77)(H,78,79)(H,80,81)(H,86,87)(H,88,89)(H,90,91)(H2,64,65,93)/t35-,36+,37+,38+,39+,40-,55?/m1/s1. The number of aliphatic carboxylic acids is 7. The number of aliphatic hydroxyl groups is 3. The van der Waals surface area contributed by atoms with Gasteiger partial charge in [0, 0.05) is 117 Å². The molecule has 95 heavy (non-hydrogen) atoms. The first-order valence-electron chi connectivity index (χ1n) is 30.2. The highest BCUT2D eigenvalue weighted by molar-refractivity contribution is 6.46. The number of carbonyl (C=O) groups excluding carboxylic acids is 7. The SMILES string of the molecule is COC(O)[C@@H](CCC(=O)NC[C@H](NC(=O)c1ccc([Si]F)cc1)C(=O)N[C@@H](CCCCNC(=O)CCC(=O)NCCC[C@@H](NC(=O)CC[C@H](NC(=O)N[C@@H](CCC(=O)O)C(=O)O)C(=O)O)C(O)O)C(=O)O)N1CCN(CC(=O)O)CCN(CC(=O)O)CCN(CC(=O)O)CC1. The first-order valence-corrected chi connectivity index (χ1v) is 31.1. The Morgan fingerprint density at radius 3 is 1.39 bits per heavy atom. The van der Waals surface area contributed by atoms with Gasteiger partial charge in [0.1, 0.15) is 24.2 Å². The Kier molecular flexibility index (Phi) is 39.0. The van der Waals surface area contributed by atoms with Crippen molar-refractivity contribution in [1.29, 1.82) is 0 Å². The van der Waals surface area contributed by atoms with E-state index < -0.39 is 187 Å². The normalized spacial score (nSPS) is 15.9. The third-order valence-electron chi connectivity index (χ3n) is 14.7. The maximum Gasteiger partial charge on any atom is 0.333 e. The Labute approximate surface area is 546 Å². The lowest BCUT2D eigenvalue weighted by atomic mass is 10.1. The molecule has 1 aliphatic heterocycles. The molecule has 1 aromatic carbocycles. The summed E-state index contributed by atoms with van der Waals surface area (Å²) >= 11 is 0.